The second-order valence-electron chi connectivity index (χ2n) is 7.40. The molecule has 2 atom stereocenters. The number of carbonyl (C=O) groups excluding carboxylic acids is 1. The first-order valence-corrected chi connectivity index (χ1v) is 10.9. The first-order chi connectivity index (χ1) is 12.3. The summed E-state index contributed by atoms with van der Waals surface area (Å²) in [4.78, 5) is 19.3. The van der Waals surface area contributed by atoms with E-state index < -0.39 is 9.84 Å². The van der Waals surface area contributed by atoms with Gasteiger partial charge in [-0.3, -0.25) is 4.79 Å². The minimum atomic E-state index is -2.96. The van der Waals surface area contributed by atoms with Crippen LogP contribution in [0.15, 0.2) is 18.2 Å². The molecule has 2 aliphatic rings. The summed E-state index contributed by atoms with van der Waals surface area (Å²) in [5, 5.41) is 3.34. The van der Waals surface area contributed by atoms with Crippen molar-refractivity contribution in [2.45, 2.75) is 32.4 Å². The molecule has 2 aliphatic heterocycles. The van der Waals surface area contributed by atoms with Crippen LogP contribution in [0.5, 0.6) is 0 Å². The van der Waals surface area contributed by atoms with E-state index >= 15 is 0 Å². The molecule has 1 aromatic carbocycles. The van der Waals surface area contributed by atoms with Crippen LogP contribution in [0.25, 0.3) is 11.0 Å². The van der Waals surface area contributed by atoms with Crippen molar-refractivity contribution in [3.05, 3.63) is 29.6 Å². The van der Waals surface area contributed by atoms with Gasteiger partial charge in [0.05, 0.1) is 28.6 Å². The maximum atomic E-state index is 12.8. The highest BCUT2D eigenvalue weighted by molar-refractivity contribution is 7.91. The number of nitrogens with one attached hydrogen (secondary N) is 1. The van der Waals surface area contributed by atoms with Gasteiger partial charge in [-0.15, -0.1) is 0 Å². The topological polar surface area (TPSA) is 84.3 Å². The molecule has 1 N–H and O–H groups in total. The number of aryl methyl sites for hydroxylation is 1. The zero-order valence-electron chi connectivity index (χ0n) is 15.1. The number of carbonyl (C=O) groups is 1. The molecule has 0 aliphatic carbocycles. The third-order valence-electron chi connectivity index (χ3n) is 5.34. The van der Waals surface area contributed by atoms with E-state index in [-0.39, 0.29) is 23.5 Å². The van der Waals surface area contributed by atoms with Crippen LogP contribution >= 0.6 is 0 Å². The molecule has 8 heteroatoms. The van der Waals surface area contributed by atoms with Crippen LogP contribution in [0.2, 0.25) is 0 Å². The lowest BCUT2D eigenvalue weighted by Crippen LogP contribution is -2.51. The van der Waals surface area contributed by atoms with Gasteiger partial charge in [-0.05, 0) is 38.5 Å². The quantitative estimate of drug-likeness (QED) is 0.850. The summed E-state index contributed by atoms with van der Waals surface area (Å²) >= 11 is 0. The Bertz CT molecular complexity index is 966. The molecule has 0 saturated carbocycles. The molecule has 2 unspecified atom stereocenters. The standard InChI is InChI=1S/C18H24N4O3S/c1-12-10-21(7-6-19-12)18(23)14-3-4-17-16(9-14)20-13(2)22(17)15-5-8-26(24,25)11-15/h3-4,9,12,15,19H,5-8,10-11H2,1-2H3. The van der Waals surface area contributed by atoms with Gasteiger partial charge in [0.2, 0.25) is 0 Å². The number of hydrogen-bond donors (Lipinski definition) is 1. The van der Waals surface area contributed by atoms with Crippen LogP contribution in [0.4, 0.5) is 0 Å². The predicted molar refractivity (Wildman–Crippen MR) is 100 cm³/mol. The highest BCUT2D eigenvalue weighted by Gasteiger charge is 2.31. The average Bonchev–Trinajstić information content (AvgIpc) is 3.11. The van der Waals surface area contributed by atoms with E-state index in [9.17, 15) is 13.2 Å². The number of aromatic nitrogens is 2. The van der Waals surface area contributed by atoms with Gasteiger partial charge in [0.15, 0.2) is 9.84 Å². The van der Waals surface area contributed by atoms with Crippen molar-refractivity contribution >= 4 is 26.8 Å². The zero-order valence-corrected chi connectivity index (χ0v) is 15.9. The Hall–Kier alpha value is -1.93. The molecule has 0 radical (unpaired) electrons. The second-order valence-corrected chi connectivity index (χ2v) is 9.62. The third-order valence-corrected chi connectivity index (χ3v) is 7.09. The SMILES string of the molecule is Cc1nc2cc(C(=O)N3CCNC(C)C3)ccc2n1C1CCS(=O)(=O)C1. The van der Waals surface area contributed by atoms with E-state index in [1.165, 1.54) is 0 Å². The number of sulfone groups is 1. The first-order valence-electron chi connectivity index (χ1n) is 9.06. The molecule has 2 fully saturated rings. The number of amides is 1. The fraction of sp³-hybridized carbons (Fsp3) is 0.556. The Morgan fingerprint density at radius 2 is 2.15 bits per heavy atom. The van der Waals surface area contributed by atoms with Gasteiger partial charge in [-0.25, -0.2) is 13.4 Å². The third kappa shape index (κ3) is 3.12. The summed E-state index contributed by atoms with van der Waals surface area (Å²) in [5.74, 6) is 1.21. The molecule has 0 spiro atoms. The molecule has 2 aromatic rings. The molecule has 7 nitrogen and oxygen atoms in total. The number of benzene rings is 1. The van der Waals surface area contributed by atoms with E-state index in [0.717, 1.165) is 23.4 Å². The summed E-state index contributed by atoms with van der Waals surface area (Å²) < 4.78 is 25.7. The monoisotopic (exact) mass is 376 g/mol. The Kier molecular flexibility index (Phi) is 4.27. The molecular weight excluding hydrogens is 352 g/mol. The van der Waals surface area contributed by atoms with E-state index in [4.69, 9.17) is 0 Å². The van der Waals surface area contributed by atoms with Gasteiger partial charge in [-0.2, -0.15) is 0 Å². The predicted octanol–water partition coefficient (Wildman–Crippen LogP) is 1.14. The largest absolute Gasteiger partial charge is 0.336 e. The van der Waals surface area contributed by atoms with Crippen molar-refractivity contribution in [1.29, 1.82) is 0 Å². The number of nitrogens with zero attached hydrogens (tertiary/aromatic N) is 3. The highest BCUT2D eigenvalue weighted by Crippen LogP contribution is 2.29. The maximum Gasteiger partial charge on any atom is 0.254 e. The lowest BCUT2D eigenvalue weighted by molar-refractivity contribution is 0.0709. The molecule has 4 rings (SSSR count). The minimum absolute atomic E-state index is 0.0240. The van der Waals surface area contributed by atoms with E-state index in [1.54, 1.807) is 0 Å². The molecule has 3 heterocycles. The lowest BCUT2D eigenvalue weighted by atomic mass is 10.1. The molecule has 140 valence electrons. The van der Waals surface area contributed by atoms with Gasteiger partial charge in [0.1, 0.15) is 5.82 Å². The van der Waals surface area contributed by atoms with E-state index in [0.29, 0.717) is 31.1 Å². The van der Waals surface area contributed by atoms with Gasteiger partial charge < -0.3 is 14.8 Å². The smallest absolute Gasteiger partial charge is 0.254 e. The van der Waals surface area contributed by atoms with Gasteiger partial charge >= 0.3 is 0 Å². The Morgan fingerprint density at radius 1 is 1.35 bits per heavy atom. The Balaban J connectivity index is 1.66. The van der Waals surface area contributed by atoms with Crippen molar-refractivity contribution in [2.75, 3.05) is 31.1 Å². The normalized spacial score (nSPS) is 25.7. The van der Waals surface area contributed by atoms with Crippen LogP contribution in [-0.4, -0.2) is 66.0 Å². The van der Waals surface area contributed by atoms with Crippen LogP contribution in [0, 0.1) is 6.92 Å². The highest BCUT2D eigenvalue weighted by atomic mass is 32.2. The molecular formula is C18H24N4O3S. The van der Waals surface area contributed by atoms with Crippen LogP contribution < -0.4 is 5.32 Å². The number of hydrogen-bond acceptors (Lipinski definition) is 5. The van der Waals surface area contributed by atoms with Crippen LogP contribution in [0.3, 0.4) is 0 Å². The number of piperazine rings is 1. The second kappa shape index (κ2) is 6.35. The summed E-state index contributed by atoms with van der Waals surface area (Å²) in [6.07, 6.45) is 0.619. The molecule has 26 heavy (non-hydrogen) atoms. The summed E-state index contributed by atoms with van der Waals surface area (Å²) in [7, 11) is -2.96. The van der Waals surface area contributed by atoms with Crippen molar-refractivity contribution in [3.63, 3.8) is 0 Å². The zero-order chi connectivity index (χ0) is 18.5. The number of fused-ring (bicyclic) bond motifs is 1. The van der Waals surface area contributed by atoms with Crippen LogP contribution in [-0.2, 0) is 9.84 Å². The summed E-state index contributed by atoms with van der Waals surface area (Å²) in [5.41, 5.74) is 2.28. The van der Waals surface area contributed by atoms with Crippen LogP contribution in [0.1, 0.15) is 35.6 Å². The molecule has 1 amide bonds. The first kappa shape index (κ1) is 17.5. The van der Waals surface area contributed by atoms with Crippen molar-refractivity contribution in [2.24, 2.45) is 0 Å². The van der Waals surface area contributed by atoms with Gasteiger partial charge in [-0.1, -0.05) is 0 Å². The van der Waals surface area contributed by atoms with E-state index in [2.05, 4.69) is 17.2 Å². The molecule has 2 saturated heterocycles. The average molecular weight is 376 g/mol. The Morgan fingerprint density at radius 3 is 2.85 bits per heavy atom. The maximum absolute atomic E-state index is 12.8. The Labute approximate surface area is 153 Å². The fourth-order valence-corrected chi connectivity index (χ4v) is 5.79. The van der Waals surface area contributed by atoms with Crippen molar-refractivity contribution < 1.29 is 13.2 Å². The van der Waals surface area contributed by atoms with Gasteiger partial charge in [0, 0.05) is 31.2 Å². The molecule has 0 bridgehead atoms. The van der Waals surface area contributed by atoms with Crippen molar-refractivity contribution in [3.8, 4) is 0 Å². The summed E-state index contributed by atoms with van der Waals surface area (Å²) in [6, 6.07) is 5.79. The minimum Gasteiger partial charge on any atom is -0.336 e. The fourth-order valence-electron chi connectivity index (χ4n) is 4.09. The number of imidazole rings is 1. The lowest BCUT2D eigenvalue weighted by Gasteiger charge is -2.32. The van der Waals surface area contributed by atoms with Crippen molar-refractivity contribution in [1.82, 2.24) is 19.8 Å². The van der Waals surface area contributed by atoms with Gasteiger partial charge in [0.25, 0.3) is 5.91 Å². The number of rotatable bonds is 2. The molecule has 1 aromatic heterocycles. The van der Waals surface area contributed by atoms with E-state index in [1.807, 2.05) is 34.6 Å². The summed E-state index contributed by atoms with van der Waals surface area (Å²) in [6.45, 7) is 6.17.